The molecule has 0 radical (unpaired) electrons. The monoisotopic (exact) mass is 839 g/mol. The Kier molecular flexibility index (Phi) is 20.3. The van der Waals surface area contributed by atoms with Crippen LogP contribution in [0.25, 0.3) is 54.6 Å². The minimum Gasteiger partial charge on any atom is -0.0683 e. The zero-order chi connectivity index (χ0) is 46.4. The summed E-state index contributed by atoms with van der Waals surface area (Å²) in [5.41, 5.74) is 16.0. The second-order valence-electron chi connectivity index (χ2n) is 15.8. The lowest BCUT2D eigenvalue weighted by Crippen LogP contribution is -1.92. The van der Waals surface area contributed by atoms with Gasteiger partial charge in [-0.25, -0.2) is 0 Å². The molecule has 0 aliphatic carbocycles. The summed E-state index contributed by atoms with van der Waals surface area (Å²) in [6.45, 7) is 25.3. The Hall–Kier alpha value is -6.76. The molecule has 0 saturated carbocycles. The molecule has 0 amide bonds. The molecule has 0 aliphatic rings. The van der Waals surface area contributed by atoms with Gasteiger partial charge in [0.25, 0.3) is 0 Å². The summed E-state index contributed by atoms with van der Waals surface area (Å²) in [5, 5.41) is 8.48. The maximum absolute atomic E-state index is 2.31. The van der Waals surface area contributed by atoms with E-state index < -0.39 is 0 Å². The first-order valence-corrected chi connectivity index (χ1v) is 23.0. The maximum Gasteiger partial charge on any atom is -0.00213 e. The van der Waals surface area contributed by atoms with Crippen LogP contribution in [0.3, 0.4) is 0 Å². The predicted octanol–water partition coefficient (Wildman–Crippen LogP) is 19.2. The number of hydrogen-bond donors (Lipinski definition) is 0. The van der Waals surface area contributed by atoms with E-state index in [0.717, 1.165) is 0 Å². The first-order chi connectivity index (χ1) is 31.1. The van der Waals surface area contributed by atoms with Gasteiger partial charge in [0, 0.05) is 0 Å². The molecule has 10 aromatic carbocycles. The Labute approximate surface area is 386 Å². The molecule has 0 aromatic heterocycles. The van der Waals surface area contributed by atoms with Crippen LogP contribution >= 0.6 is 0 Å². The third kappa shape index (κ3) is 13.6. The molecule has 0 saturated heterocycles. The topological polar surface area (TPSA) is 0 Å². The maximum atomic E-state index is 2.31. The Morgan fingerprint density at radius 3 is 0.688 bits per heavy atom. The van der Waals surface area contributed by atoms with Crippen molar-refractivity contribution in [1.82, 2.24) is 0 Å². The van der Waals surface area contributed by atoms with Crippen LogP contribution < -0.4 is 0 Å². The molecular formula is C64H70. The van der Waals surface area contributed by atoms with Crippen molar-refractivity contribution in [1.29, 1.82) is 0 Å². The molecular weight excluding hydrogens is 769 g/mol. The summed E-state index contributed by atoms with van der Waals surface area (Å²) in [5.74, 6) is 0. The first-order valence-electron chi connectivity index (χ1n) is 23.0. The van der Waals surface area contributed by atoms with Crippen molar-refractivity contribution >= 4 is 32.3 Å². The van der Waals surface area contributed by atoms with Crippen LogP contribution in [0.5, 0.6) is 0 Å². The van der Waals surface area contributed by atoms with Crippen LogP contribution in [-0.2, 0) is 0 Å². The summed E-state index contributed by atoms with van der Waals surface area (Å²) in [7, 11) is 0. The van der Waals surface area contributed by atoms with Gasteiger partial charge in [0.2, 0.25) is 0 Å². The molecule has 0 unspecified atom stereocenters. The summed E-state index contributed by atoms with van der Waals surface area (Å²) in [4.78, 5) is 0. The van der Waals surface area contributed by atoms with Crippen molar-refractivity contribution in [2.45, 2.75) is 83.1 Å². The molecule has 0 heteroatoms. The van der Waals surface area contributed by atoms with Gasteiger partial charge < -0.3 is 0 Å². The lowest BCUT2D eigenvalue weighted by atomic mass is 9.87. The van der Waals surface area contributed by atoms with E-state index in [1.54, 1.807) is 0 Å². The van der Waals surface area contributed by atoms with E-state index >= 15 is 0 Å². The highest BCUT2D eigenvalue weighted by atomic mass is 14.2. The lowest BCUT2D eigenvalue weighted by Gasteiger charge is -2.17. The van der Waals surface area contributed by atoms with Crippen LogP contribution in [0, 0.1) is 55.4 Å². The number of benzene rings is 10. The smallest absolute Gasteiger partial charge is 0.00213 e. The number of rotatable bonds is 2. The highest BCUT2D eigenvalue weighted by Crippen LogP contribution is 2.39. The molecule has 0 aliphatic heterocycles. The highest BCUT2D eigenvalue weighted by molar-refractivity contribution is 6.25. The van der Waals surface area contributed by atoms with E-state index in [1.165, 1.54) is 99.1 Å². The Morgan fingerprint density at radius 1 is 0.219 bits per heavy atom. The molecule has 64 heavy (non-hydrogen) atoms. The van der Waals surface area contributed by atoms with E-state index in [4.69, 9.17) is 0 Å². The van der Waals surface area contributed by atoms with Crippen LogP contribution in [0.15, 0.2) is 206 Å². The minimum atomic E-state index is 1.29. The third-order valence-electron chi connectivity index (χ3n) is 11.1. The average Bonchev–Trinajstić information content (AvgIpc) is 3.33. The van der Waals surface area contributed by atoms with Gasteiger partial charge in [0.05, 0.1) is 0 Å². The van der Waals surface area contributed by atoms with Crippen molar-refractivity contribution in [3.8, 4) is 22.3 Å². The van der Waals surface area contributed by atoms with Gasteiger partial charge in [0.15, 0.2) is 0 Å². The fraction of sp³-hybridized carbons (Fsp3) is 0.188. The van der Waals surface area contributed by atoms with Crippen molar-refractivity contribution in [2.75, 3.05) is 0 Å². The summed E-state index contributed by atoms with van der Waals surface area (Å²) in [6.07, 6.45) is 0. The largest absolute Gasteiger partial charge is 0.0683 e. The number of hydrogen-bond acceptors (Lipinski definition) is 0. The quantitative estimate of drug-likeness (QED) is 0.152. The molecule has 10 rings (SSSR count). The van der Waals surface area contributed by atoms with Crippen molar-refractivity contribution in [3.05, 3.63) is 251 Å². The number of aryl methyl sites for hydroxylation is 8. The highest BCUT2D eigenvalue weighted by Gasteiger charge is 2.13. The zero-order valence-corrected chi connectivity index (χ0v) is 40.6. The Balaban J connectivity index is 0.000000181. The van der Waals surface area contributed by atoms with Gasteiger partial charge in [-0.3, -0.25) is 0 Å². The fourth-order valence-electron chi connectivity index (χ4n) is 7.87. The standard InChI is InChI=1S/C20H18.2C13H12.2C7H8.2C2H6/c1-11-9-12(2)16-7-8-18-14(4)10-13(3)17-6-5-15(11)19(16)20(17)18;2*1-11-7-5-6-10-13(11)12-8-3-2-4-9-12;2*1-7-5-3-2-4-6-7;2*1-2/h5-10H,1-4H3;2*2-10H,1H3;2*2-6H,1H3;2*1-2H3. The molecule has 0 bridgehead atoms. The van der Waals surface area contributed by atoms with Gasteiger partial charge in [-0.15, -0.1) is 0 Å². The second-order valence-corrected chi connectivity index (χ2v) is 15.8. The molecule has 0 heterocycles. The zero-order valence-electron chi connectivity index (χ0n) is 40.6. The SMILES string of the molecule is CC.CC.Cc1cc(C)c2ccc3c(C)cc(C)c4ccc1c2c43.Cc1ccccc1.Cc1ccccc1.Cc1ccccc1-c1ccccc1.Cc1ccccc1-c1ccccc1. The summed E-state index contributed by atoms with van der Waals surface area (Å²) in [6, 6.07) is 72.1. The van der Waals surface area contributed by atoms with Gasteiger partial charge >= 0.3 is 0 Å². The van der Waals surface area contributed by atoms with Gasteiger partial charge in [-0.1, -0.05) is 245 Å². The molecule has 10 aromatic rings. The van der Waals surface area contributed by atoms with Gasteiger partial charge in [0.1, 0.15) is 0 Å². The van der Waals surface area contributed by atoms with Gasteiger partial charge in [-0.2, -0.15) is 0 Å². The molecule has 0 fully saturated rings. The lowest BCUT2D eigenvalue weighted by molar-refractivity contribution is 1.44. The van der Waals surface area contributed by atoms with Crippen LogP contribution in [-0.4, -0.2) is 0 Å². The van der Waals surface area contributed by atoms with Crippen molar-refractivity contribution in [3.63, 3.8) is 0 Å². The minimum absolute atomic E-state index is 1.29. The van der Waals surface area contributed by atoms with Crippen molar-refractivity contribution in [2.24, 2.45) is 0 Å². The van der Waals surface area contributed by atoms with E-state index in [1.807, 2.05) is 76.2 Å². The molecule has 0 nitrogen and oxygen atoms in total. The van der Waals surface area contributed by atoms with Crippen LogP contribution in [0.2, 0.25) is 0 Å². The molecule has 0 N–H and O–H groups in total. The third-order valence-corrected chi connectivity index (χ3v) is 11.1. The summed E-state index contributed by atoms with van der Waals surface area (Å²) >= 11 is 0. The second kappa shape index (κ2) is 26.0. The Morgan fingerprint density at radius 2 is 0.453 bits per heavy atom. The van der Waals surface area contributed by atoms with E-state index in [9.17, 15) is 0 Å². The first kappa shape index (κ1) is 49.9. The van der Waals surface area contributed by atoms with E-state index in [2.05, 4.69) is 213 Å². The van der Waals surface area contributed by atoms with Crippen LogP contribution in [0.1, 0.15) is 72.2 Å². The van der Waals surface area contributed by atoms with Gasteiger partial charge in [-0.05, 0) is 143 Å². The Bertz CT molecular complexity index is 2580. The van der Waals surface area contributed by atoms with E-state index in [-0.39, 0.29) is 0 Å². The normalized spacial score (nSPS) is 9.88. The van der Waals surface area contributed by atoms with Crippen LogP contribution in [0.4, 0.5) is 0 Å². The molecule has 326 valence electrons. The van der Waals surface area contributed by atoms with E-state index in [0.29, 0.717) is 0 Å². The average molecular weight is 839 g/mol. The van der Waals surface area contributed by atoms with Crippen molar-refractivity contribution < 1.29 is 0 Å². The molecule has 0 spiro atoms. The molecule has 0 atom stereocenters. The fourth-order valence-corrected chi connectivity index (χ4v) is 7.87. The predicted molar refractivity (Wildman–Crippen MR) is 287 cm³/mol. The summed E-state index contributed by atoms with van der Waals surface area (Å²) < 4.78 is 0.